The molecule has 5 rings (SSSR count). The summed E-state index contributed by atoms with van der Waals surface area (Å²) in [5.74, 6) is 0.350. The van der Waals surface area contributed by atoms with E-state index in [4.69, 9.17) is 9.72 Å². The van der Waals surface area contributed by atoms with E-state index in [2.05, 4.69) is 15.3 Å². The van der Waals surface area contributed by atoms with Gasteiger partial charge < -0.3 is 15.0 Å². The fourth-order valence-corrected chi connectivity index (χ4v) is 4.01. The number of carbonyl (C=O) groups excluding carboxylic acids is 1. The van der Waals surface area contributed by atoms with E-state index in [0.29, 0.717) is 11.5 Å². The molecule has 7 nitrogen and oxygen atoms in total. The number of fused-ring (bicyclic) bond motifs is 1. The molecule has 2 aromatic heterocycles. The predicted molar refractivity (Wildman–Crippen MR) is 113 cm³/mol. The van der Waals surface area contributed by atoms with Crippen molar-refractivity contribution in [1.82, 2.24) is 14.8 Å². The number of benzene rings is 1. The molecule has 0 unspecified atom stereocenters. The highest BCUT2D eigenvalue weighted by Gasteiger charge is 2.28. The van der Waals surface area contributed by atoms with Crippen LogP contribution in [0.1, 0.15) is 40.5 Å². The highest BCUT2D eigenvalue weighted by atomic mass is 16.5. The van der Waals surface area contributed by atoms with Crippen molar-refractivity contribution in [2.24, 2.45) is 7.05 Å². The van der Waals surface area contributed by atoms with Gasteiger partial charge in [0.15, 0.2) is 5.65 Å². The van der Waals surface area contributed by atoms with Gasteiger partial charge in [-0.3, -0.25) is 9.48 Å². The van der Waals surface area contributed by atoms with Crippen LogP contribution in [0.2, 0.25) is 0 Å². The van der Waals surface area contributed by atoms with Crippen molar-refractivity contribution >= 4 is 28.3 Å². The first-order valence-electron chi connectivity index (χ1n) is 10.2. The molecule has 2 fully saturated rings. The Bertz CT molecular complexity index is 1060. The van der Waals surface area contributed by atoms with Crippen LogP contribution >= 0.6 is 0 Å². The third-order valence-electron chi connectivity index (χ3n) is 5.73. The van der Waals surface area contributed by atoms with Crippen molar-refractivity contribution in [2.45, 2.75) is 25.7 Å². The Hall–Kier alpha value is -2.93. The lowest BCUT2D eigenvalue weighted by atomic mass is 10.1. The minimum Gasteiger partial charge on any atom is -0.378 e. The van der Waals surface area contributed by atoms with E-state index in [1.165, 1.54) is 0 Å². The predicted octanol–water partition coefficient (Wildman–Crippen LogP) is 3.24. The topological polar surface area (TPSA) is 72.3 Å². The Labute approximate surface area is 169 Å². The number of aromatic nitrogens is 3. The summed E-state index contributed by atoms with van der Waals surface area (Å²) in [6, 6.07) is 9.96. The maximum atomic E-state index is 13.2. The quantitative estimate of drug-likeness (QED) is 0.739. The number of anilines is 2. The van der Waals surface area contributed by atoms with Gasteiger partial charge in [-0.15, -0.1) is 0 Å². The first-order chi connectivity index (χ1) is 14.1. The Kier molecular flexibility index (Phi) is 4.47. The molecule has 0 radical (unpaired) electrons. The smallest absolute Gasteiger partial charge is 0.256 e. The molecule has 3 aromatic rings. The van der Waals surface area contributed by atoms with Crippen molar-refractivity contribution in [3.63, 3.8) is 0 Å². The van der Waals surface area contributed by atoms with E-state index in [1.54, 1.807) is 4.68 Å². The van der Waals surface area contributed by atoms with Gasteiger partial charge in [0, 0.05) is 43.1 Å². The van der Waals surface area contributed by atoms with Crippen LogP contribution in [-0.4, -0.2) is 47.0 Å². The molecular weight excluding hydrogens is 366 g/mol. The molecule has 3 heterocycles. The van der Waals surface area contributed by atoms with Gasteiger partial charge in [0.1, 0.15) is 0 Å². The molecule has 7 heteroatoms. The number of carbonyl (C=O) groups is 1. The van der Waals surface area contributed by atoms with Crippen molar-refractivity contribution in [1.29, 1.82) is 0 Å². The summed E-state index contributed by atoms with van der Waals surface area (Å²) in [4.78, 5) is 20.2. The van der Waals surface area contributed by atoms with E-state index in [-0.39, 0.29) is 5.91 Å². The Balaban J connectivity index is 1.42. The molecule has 0 atom stereocenters. The molecule has 29 heavy (non-hydrogen) atoms. The Morgan fingerprint density at radius 3 is 2.59 bits per heavy atom. The minimum atomic E-state index is -0.116. The Morgan fingerprint density at radius 2 is 1.90 bits per heavy atom. The largest absolute Gasteiger partial charge is 0.378 e. The summed E-state index contributed by atoms with van der Waals surface area (Å²) in [5, 5.41) is 8.37. The molecule has 1 saturated heterocycles. The van der Waals surface area contributed by atoms with E-state index >= 15 is 0 Å². The van der Waals surface area contributed by atoms with E-state index in [9.17, 15) is 4.79 Å². The van der Waals surface area contributed by atoms with Gasteiger partial charge in [0.25, 0.3) is 5.91 Å². The van der Waals surface area contributed by atoms with E-state index in [1.807, 2.05) is 44.3 Å². The molecule has 1 amide bonds. The number of morpholine rings is 1. The zero-order valence-corrected chi connectivity index (χ0v) is 16.8. The van der Waals surface area contributed by atoms with Crippen molar-refractivity contribution in [2.75, 3.05) is 36.5 Å². The molecule has 1 N–H and O–H groups in total. The first kappa shape index (κ1) is 18.1. The lowest BCUT2D eigenvalue weighted by Crippen LogP contribution is -2.36. The van der Waals surface area contributed by atoms with Gasteiger partial charge in [-0.25, -0.2) is 4.98 Å². The number of ether oxygens (including phenoxy) is 1. The standard InChI is InChI=1S/C22H25N5O2/c1-14-20-18(13-19(15-3-4-15)24-21(20)26(2)25-14)22(28)23-16-5-7-17(8-6-16)27-9-11-29-12-10-27/h5-8,13,15H,3-4,9-12H2,1-2H3,(H,23,28). The number of pyridine rings is 1. The molecule has 1 saturated carbocycles. The minimum absolute atomic E-state index is 0.116. The molecular formula is C22H25N5O2. The van der Waals surface area contributed by atoms with Gasteiger partial charge in [-0.2, -0.15) is 5.10 Å². The van der Waals surface area contributed by atoms with Gasteiger partial charge in [-0.1, -0.05) is 0 Å². The summed E-state index contributed by atoms with van der Waals surface area (Å²) >= 11 is 0. The number of nitrogens with one attached hydrogen (secondary N) is 1. The van der Waals surface area contributed by atoms with Gasteiger partial charge >= 0.3 is 0 Å². The average molecular weight is 391 g/mol. The van der Waals surface area contributed by atoms with Crippen molar-refractivity contribution in [3.05, 3.63) is 47.3 Å². The highest BCUT2D eigenvalue weighted by molar-refractivity contribution is 6.12. The van der Waals surface area contributed by atoms with Crippen LogP contribution < -0.4 is 10.2 Å². The SMILES string of the molecule is Cc1nn(C)c2nc(C3CC3)cc(C(=O)Nc3ccc(N4CCOCC4)cc3)c12. The molecule has 0 bridgehead atoms. The number of nitrogens with zero attached hydrogens (tertiary/aromatic N) is 4. The summed E-state index contributed by atoms with van der Waals surface area (Å²) in [6.45, 7) is 5.22. The normalized spacial score (nSPS) is 17.0. The van der Waals surface area contributed by atoms with Crippen LogP contribution in [-0.2, 0) is 11.8 Å². The molecule has 1 aliphatic carbocycles. The summed E-state index contributed by atoms with van der Waals surface area (Å²) < 4.78 is 7.18. The maximum Gasteiger partial charge on any atom is 0.256 e. The van der Waals surface area contributed by atoms with Crippen LogP contribution in [0, 0.1) is 6.92 Å². The van der Waals surface area contributed by atoms with Crippen LogP contribution in [0.3, 0.4) is 0 Å². The van der Waals surface area contributed by atoms with Crippen molar-refractivity contribution < 1.29 is 9.53 Å². The molecule has 150 valence electrons. The molecule has 0 spiro atoms. The number of hydrogen-bond acceptors (Lipinski definition) is 5. The number of amides is 1. The van der Waals surface area contributed by atoms with Crippen LogP contribution in [0.4, 0.5) is 11.4 Å². The zero-order valence-electron chi connectivity index (χ0n) is 16.8. The van der Waals surface area contributed by atoms with Gasteiger partial charge in [0.05, 0.1) is 29.9 Å². The molecule has 2 aliphatic rings. The molecule has 1 aliphatic heterocycles. The number of aryl methyl sites for hydroxylation is 2. The third-order valence-corrected chi connectivity index (χ3v) is 5.73. The van der Waals surface area contributed by atoms with Crippen LogP contribution in [0.5, 0.6) is 0 Å². The van der Waals surface area contributed by atoms with Gasteiger partial charge in [0.2, 0.25) is 0 Å². The maximum absolute atomic E-state index is 13.2. The average Bonchev–Trinajstić information content (AvgIpc) is 3.55. The monoisotopic (exact) mass is 391 g/mol. The summed E-state index contributed by atoms with van der Waals surface area (Å²) in [6.07, 6.45) is 2.28. The second-order valence-electron chi connectivity index (χ2n) is 7.88. The van der Waals surface area contributed by atoms with Gasteiger partial charge in [-0.05, 0) is 50.1 Å². The van der Waals surface area contributed by atoms with Crippen molar-refractivity contribution in [3.8, 4) is 0 Å². The second-order valence-corrected chi connectivity index (χ2v) is 7.88. The fraction of sp³-hybridized carbons (Fsp3) is 0.409. The summed E-state index contributed by atoms with van der Waals surface area (Å²) in [7, 11) is 1.88. The number of hydrogen-bond donors (Lipinski definition) is 1. The highest BCUT2D eigenvalue weighted by Crippen LogP contribution is 2.40. The lowest BCUT2D eigenvalue weighted by Gasteiger charge is -2.28. The fourth-order valence-electron chi connectivity index (χ4n) is 4.01. The number of rotatable bonds is 4. The Morgan fingerprint density at radius 1 is 1.17 bits per heavy atom. The van der Waals surface area contributed by atoms with Crippen LogP contribution in [0.15, 0.2) is 30.3 Å². The lowest BCUT2D eigenvalue weighted by molar-refractivity contribution is 0.102. The zero-order chi connectivity index (χ0) is 20.0. The first-order valence-corrected chi connectivity index (χ1v) is 10.2. The van der Waals surface area contributed by atoms with E-state index < -0.39 is 0 Å². The van der Waals surface area contributed by atoms with E-state index in [0.717, 1.165) is 72.9 Å². The summed E-state index contributed by atoms with van der Waals surface area (Å²) in [5.41, 5.74) is 5.18. The molecule has 1 aromatic carbocycles. The second kappa shape index (κ2) is 7.15. The van der Waals surface area contributed by atoms with Crippen LogP contribution in [0.25, 0.3) is 11.0 Å². The third kappa shape index (κ3) is 3.46.